The Morgan fingerprint density at radius 3 is 2.50 bits per heavy atom. The van der Waals surface area contributed by atoms with Gasteiger partial charge in [-0.15, -0.1) is 0 Å². The Kier molecular flexibility index (Phi) is 7.73. The van der Waals surface area contributed by atoms with E-state index in [2.05, 4.69) is 26.9 Å². The topological polar surface area (TPSA) is 108 Å². The van der Waals surface area contributed by atoms with Gasteiger partial charge >= 0.3 is 11.7 Å². The summed E-state index contributed by atoms with van der Waals surface area (Å²) >= 11 is 8.19. The summed E-state index contributed by atoms with van der Waals surface area (Å²) in [5.41, 5.74) is 1.11. The summed E-state index contributed by atoms with van der Waals surface area (Å²) in [6.45, 7) is 5.61. The van der Waals surface area contributed by atoms with Gasteiger partial charge in [0.05, 0.1) is 25.2 Å². The number of anilines is 2. The number of allylic oxidation sites excluding steroid dienone is 1. The Morgan fingerprint density at radius 1 is 1.16 bits per heavy atom. The molecule has 166 valence electrons. The normalized spacial score (nSPS) is 11.3. The van der Waals surface area contributed by atoms with Crippen LogP contribution in [0.2, 0.25) is 0 Å². The number of nitrogens with one attached hydrogen (secondary N) is 4. The molecule has 0 atom stereocenters. The summed E-state index contributed by atoms with van der Waals surface area (Å²) in [7, 11) is 1.75. The minimum absolute atomic E-state index is 0.377. The monoisotopic (exact) mass is 489 g/mol. The number of amides is 2. The molecule has 0 aliphatic rings. The average Bonchev–Trinajstić information content (AvgIpc) is 2.78. The minimum atomic E-state index is -0.554. The number of aromatic amines is 1. The number of halogens is 1. The second-order valence-corrected chi connectivity index (χ2v) is 9.28. The van der Waals surface area contributed by atoms with Gasteiger partial charge in [0.25, 0.3) is 5.56 Å². The van der Waals surface area contributed by atoms with Crippen molar-refractivity contribution >= 4 is 63.6 Å². The van der Waals surface area contributed by atoms with Gasteiger partial charge in [-0.2, -0.15) is 0 Å². The van der Waals surface area contributed by atoms with Crippen LogP contribution >= 0.6 is 35.3 Å². The van der Waals surface area contributed by atoms with Crippen LogP contribution in [0.25, 0.3) is 16.6 Å². The number of rotatable bonds is 7. The second kappa shape index (κ2) is 10.5. The highest BCUT2D eigenvalue weighted by atomic mass is 35.5. The van der Waals surface area contributed by atoms with Crippen LogP contribution in [0.5, 0.6) is 0 Å². The second-order valence-electron chi connectivity index (χ2n) is 6.35. The van der Waals surface area contributed by atoms with Crippen molar-refractivity contribution in [1.29, 1.82) is 0 Å². The van der Waals surface area contributed by atoms with Crippen LogP contribution in [0.1, 0.15) is 6.92 Å². The van der Waals surface area contributed by atoms with Crippen LogP contribution in [0, 0.1) is 0 Å². The zero-order chi connectivity index (χ0) is 23.3. The fourth-order valence-corrected chi connectivity index (χ4v) is 4.32. The number of benzene rings is 2. The molecule has 0 spiro atoms. The Balaban J connectivity index is 1.74. The summed E-state index contributed by atoms with van der Waals surface area (Å²) in [6.07, 6.45) is 1.73. The molecular formula is C21H20ClN5O3S2. The Labute approximate surface area is 197 Å². The fourth-order valence-electron chi connectivity index (χ4n) is 2.75. The first kappa shape index (κ1) is 23.6. The highest BCUT2D eigenvalue weighted by Crippen LogP contribution is 2.33. The number of carbonyl (C=O) groups is 1. The molecule has 0 aliphatic carbocycles. The molecule has 2 aromatic carbocycles. The van der Waals surface area contributed by atoms with Crippen LogP contribution in [-0.2, 0) is 0 Å². The molecule has 32 heavy (non-hydrogen) atoms. The van der Waals surface area contributed by atoms with Crippen LogP contribution in [0.15, 0.2) is 73.3 Å². The first-order valence-corrected chi connectivity index (χ1v) is 11.3. The summed E-state index contributed by atoms with van der Waals surface area (Å²) in [6, 6.07) is 11.0. The number of carbonyl (C=O) groups excluding carboxylic acids is 1. The fraction of sp³-hybridized carbons (Fsp3) is 0.0952. The molecule has 0 saturated carbocycles. The van der Waals surface area contributed by atoms with Crippen LogP contribution < -0.4 is 26.6 Å². The third-order valence-electron chi connectivity index (χ3n) is 4.27. The van der Waals surface area contributed by atoms with Gasteiger partial charge in [0.15, 0.2) is 0 Å². The Bertz CT molecular complexity index is 1320. The Morgan fingerprint density at radius 2 is 1.84 bits per heavy atom. The van der Waals surface area contributed by atoms with Crippen LogP contribution in [-0.4, -0.2) is 22.6 Å². The lowest BCUT2D eigenvalue weighted by atomic mass is 10.2. The number of urea groups is 1. The first-order valence-electron chi connectivity index (χ1n) is 9.32. The zero-order valence-corrected chi connectivity index (χ0v) is 19.6. The predicted molar refractivity (Wildman–Crippen MR) is 136 cm³/mol. The number of fused-ring (bicyclic) bond motifs is 1. The van der Waals surface area contributed by atoms with Crippen molar-refractivity contribution in [3.63, 3.8) is 0 Å². The SMILES string of the molecule is C=C(SNC(=O)Nc1ccc(-n2c(=O)[nH]c3cc(NC)ccc3c2=O)cc1)S/C(Cl)=C\C. The van der Waals surface area contributed by atoms with E-state index in [0.29, 0.717) is 30.9 Å². The summed E-state index contributed by atoms with van der Waals surface area (Å²) in [5, 5.41) is 6.02. The highest BCUT2D eigenvalue weighted by Gasteiger charge is 2.11. The van der Waals surface area contributed by atoms with Crippen LogP contribution in [0.4, 0.5) is 16.2 Å². The van der Waals surface area contributed by atoms with Gasteiger partial charge in [-0.3, -0.25) is 9.52 Å². The largest absolute Gasteiger partial charge is 0.388 e. The maximum Gasteiger partial charge on any atom is 0.333 e. The van der Waals surface area contributed by atoms with Crippen molar-refractivity contribution in [3.05, 3.63) is 84.6 Å². The molecule has 4 N–H and O–H groups in total. The molecule has 3 rings (SSSR count). The molecule has 11 heteroatoms. The lowest BCUT2D eigenvalue weighted by molar-refractivity contribution is 0.257. The lowest BCUT2D eigenvalue weighted by Crippen LogP contribution is -2.33. The van der Waals surface area contributed by atoms with Gasteiger partial charge in [-0.1, -0.05) is 36.0 Å². The lowest BCUT2D eigenvalue weighted by Gasteiger charge is -2.10. The van der Waals surface area contributed by atoms with Crippen molar-refractivity contribution < 1.29 is 4.79 Å². The van der Waals surface area contributed by atoms with Crippen molar-refractivity contribution in [3.8, 4) is 5.69 Å². The number of aromatic nitrogens is 2. The van der Waals surface area contributed by atoms with Gasteiger partial charge in [-0.05, 0) is 61.3 Å². The number of hydrogen-bond acceptors (Lipinski definition) is 6. The third kappa shape index (κ3) is 5.58. The summed E-state index contributed by atoms with van der Waals surface area (Å²) in [4.78, 5) is 40.2. The van der Waals surface area contributed by atoms with Gasteiger partial charge in [0.2, 0.25) is 0 Å². The van der Waals surface area contributed by atoms with Gasteiger partial charge in [-0.25, -0.2) is 14.2 Å². The number of H-pyrrole nitrogens is 1. The summed E-state index contributed by atoms with van der Waals surface area (Å²) in [5.74, 6) is 0. The molecule has 0 aliphatic heterocycles. The molecule has 1 aromatic heterocycles. The molecule has 0 radical (unpaired) electrons. The van der Waals surface area contributed by atoms with E-state index in [1.54, 1.807) is 62.5 Å². The summed E-state index contributed by atoms with van der Waals surface area (Å²) < 4.78 is 4.81. The number of nitrogens with zero attached hydrogens (tertiary/aromatic N) is 1. The van der Waals surface area contributed by atoms with Crippen molar-refractivity contribution in [2.24, 2.45) is 0 Å². The van der Waals surface area contributed by atoms with Gasteiger partial charge in [0.1, 0.15) is 0 Å². The number of hydrogen-bond donors (Lipinski definition) is 4. The zero-order valence-electron chi connectivity index (χ0n) is 17.2. The predicted octanol–water partition coefficient (Wildman–Crippen LogP) is 4.79. The molecule has 0 bridgehead atoms. The third-order valence-corrected chi connectivity index (χ3v) is 6.39. The van der Waals surface area contributed by atoms with Gasteiger partial charge in [0, 0.05) is 18.4 Å². The van der Waals surface area contributed by atoms with Crippen molar-refractivity contribution in [2.75, 3.05) is 17.7 Å². The quantitative estimate of drug-likeness (QED) is 0.355. The van der Waals surface area contributed by atoms with E-state index < -0.39 is 17.3 Å². The first-order chi connectivity index (χ1) is 15.3. The molecule has 2 amide bonds. The molecule has 8 nitrogen and oxygen atoms in total. The maximum atomic E-state index is 12.9. The smallest absolute Gasteiger partial charge is 0.333 e. The molecular weight excluding hydrogens is 470 g/mol. The van der Waals surface area contributed by atoms with E-state index in [-0.39, 0.29) is 0 Å². The Hall–Kier alpha value is -3.08. The average molecular weight is 490 g/mol. The minimum Gasteiger partial charge on any atom is -0.388 e. The number of thioether (sulfide) groups is 1. The van der Waals surface area contributed by atoms with Crippen molar-refractivity contribution in [2.45, 2.75) is 6.92 Å². The maximum absolute atomic E-state index is 12.9. The van der Waals surface area contributed by atoms with E-state index >= 15 is 0 Å². The van der Waals surface area contributed by atoms with E-state index in [9.17, 15) is 14.4 Å². The van der Waals surface area contributed by atoms with Crippen molar-refractivity contribution in [1.82, 2.24) is 14.3 Å². The van der Waals surface area contributed by atoms with E-state index in [1.165, 1.54) is 11.8 Å². The molecule has 1 heterocycles. The molecule has 0 saturated heterocycles. The molecule has 0 fully saturated rings. The van der Waals surface area contributed by atoms with E-state index in [1.807, 2.05) is 0 Å². The molecule has 0 unspecified atom stereocenters. The van der Waals surface area contributed by atoms with E-state index in [4.69, 9.17) is 11.6 Å². The highest BCUT2D eigenvalue weighted by molar-refractivity contribution is 8.24. The molecule has 3 aromatic rings. The van der Waals surface area contributed by atoms with E-state index in [0.717, 1.165) is 22.2 Å². The van der Waals surface area contributed by atoms with Crippen LogP contribution in [0.3, 0.4) is 0 Å². The standard InChI is InChI=1S/C21H20ClN5O3S2/c1-4-18(22)31-12(2)32-26-20(29)24-13-5-8-15(9-6-13)27-19(28)16-10-7-14(23-3)11-17(16)25-21(27)30/h4-11,23H,2H2,1,3H3,(H,25,30)(H2,24,26,29)/b18-4-. The van der Waals surface area contributed by atoms with Gasteiger partial charge < -0.3 is 15.6 Å².